The van der Waals surface area contributed by atoms with Crippen LogP contribution in [0.1, 0.15) is 21.7 Å². The lowest BCUT2D eigenvalue weighted by Gasteiger charge is -2.36. The summed E-state index contributed by atoms with van der Waals surface area (Å²) in [4.78, 5) is 36.6. The number of aromatic carboxylic acids is 1. The van der Waals surface area contributed by atoms with E-state index in [9.17, 15) is 18.4 Å². The van der Waals surface area contributed by atoms with Gasteiger partial charge in [-0.3, -0.25) is 9.69 Å². The van der Waals surface area contributed by atoms with Crippen molar-refractivity contribution < 1.29 is 18.7 Å². The van der Waals surface area contributed by atoms with Gasteiger partial charge in [0.15, 0.2) is 11.5 Å². The largest absolute Gasteiger partial charge is 0.477 e. The molecular formula is C20H19F2N5O3. The normalized spacial score (nSPS) is 15.0. The van der Waals surface area contributed by atoms with Crippen LogP contribution in [0, 0.1) is 18.7 Å². The lowest BCUT2D eigenvalue weighted by Crippen LogP contribution is -2.46. The van der Waals surface area contributed by atoms with Gasteiger partial charge in [-0.05, 0) is 25.1 Å². The molecule has 1 saturated heterocycles. The summed E-state index contributed by atoms with van der Waals surface area (Å²) in [5.41, 5.74) is 0.691. The van der Waals surface area contributed by atoms with Gasteiger partial charge in [0.1, 0.15) is 11.2 Å². The molecule has 0 saturated carbocycles. The smallest absolute Gasteiger partial charge is 0.354 e. The molecule has 1 fully saturated rings. The predicted molar refractivity (Wildman–Crippen MR) is 106 cm³/mol. The molecule has 8 nitrogen and oxygen atoms in total. The molecule has 0 spiro atoms. The maximum atomic E-state index is 14.9. The SMILES string of the molecule is Cc1nc2ccc(CN3CCN(c4ccc(C(=O)O)nc4F)CC3)c(F)c2[nH]c1=O. The zero-order valence-electron chi connectivity index (χ0n) is 16.2. The molecule has 1 aliphatic rings. The van der Waals surface area contributed by atoms with E-state index in [0.717, 1.165) is 0 Å². The van der Waals surface area contributed by atoms with Crippen molar-refractivity contribution in [1.29, 1.82) is 0 Å². The molecule has 0 unspecified atom stereocenters. The number of carboxylic acid groups (broad SMARTS) is 1. The van der Waals surface area contributed by atoms with E-state index in [-0.39, 0.29) is 22.6 Å². The van der Waals surface area contributed by atoms with Gasteiger partial charge >= 0.3 is 5.97 Å². The van der Waals surface area contributed by atoms with Gasteiger partial charge in [0, 0.05) is 38.3 Å². The number of fused-ring (bicyclic) bond motifs is 1. The molecule has 0 atom stereocenters. The number of aryl methyl sites for hydroxylation is 1. The van der Waals surface area contributed by atoms with Gasteiger partial charge in [-0.1, -0.05) is 6.07 Å². The number of benzene rings is 1. The molecule has 0 amide bonds. The highest BCUT2D eigenvalue weighted by molar-refractivity contribution is 5.85. The second-order valence-electron chi connectivity index (χ2n) is 7.16. The van der Waals surface area contributed by atoms with Crippen molar-refractivity contribution >= 4 is 22.7 Å². The molecule has 0 bridgehead atoms. The van der Waals surface area contributed by atoms with Crippen molar-refractivity contribution in [3.05, 3.63) is 63.3 Å². The summed E-state index contributed by atoms with van der Waals surface area (Å²) in [6.45, 7) is 3.98. The number of aromatic amines is 1. The molecule has 156 valence electrons. The van der Waals surface area contributed by atoms with Crippen LogP contribution in [-0.2, 0) is 6.54 Å². The first-order valence-corrected chi connectivity index (χ1v) is 9.38. The number of nitrogens with zero attached hydrogens (tertiary/aromatic N) is 4. The van der Waals surface area contributed by atoms with E-state index < -0.39 is 23.3 Å². The molecule has 3 heterocycles. The van der Waals surface area contributed by atoms with Crippen LogP contribution in [0.2, 0.25) is 0 Å². The molecule has 1 aromatic carbocycles. The lowest BCUT2D eigenvalue weighted by atomic mass is 10.1. The van der Waals surface area contributed by atoms with Crippen LogP contribution >= 0.6 is 0 Å². The van der Waals surface area contributed by atoms with Crippen LogP contribution in [0.15, 0.2) is 29.1 Å². The number of halogens is 2. The highest BCUT2D eigenvalue weighted by Gasteiger charge is 2.22. The number of carbonyl (C=O) groups is 1. The quantitative estimate of drug-likeness (QED) is 0.628. The number of piperazine rings is 1. The van der Waals surface area contributed by atoms with Crippen LogP contribution in [0.4, 0.5) is 14.5 Å². The fourth-order valence-corrected chi connectivity index (χ4v) is 3.55. The summed E-state index contributed by atoms with van der Waals surface area (Å²) in [7, 11) is 0. The number of aromatic nitrogens is 3. The van der Waals surface area contributed by atoms with Crippen molar-refractivity contribution in [2.24, 2.45) is 0 Å². The number of H-pyrrole nitrogens is 1. The molecule has 0 aliphatic carbocycles. The third-order valence-corrected chi connectivity index (χ3v) is 5.21. The van der Waals surface area contributed by atoms with Gasteiger partial charge in [0.2, 0.25) is 5.95 Å². The Morgan fingerprint density at radius 3 is 2.53 bits per heavy atom. The third kappa shape index (κ3) is 3.73. The van der Waals surface area contributed by atoms with Crippen molar-refractivity contribution in [3.63, 3.8) is 0 Å². The standard InChI is InChI=1S/C20H19F2N5O3/c1-11-19(28)25-17-13(23-11)3-2-12(16(17)21)10-26-6-8-27(9-7-26)15-5-4-14(20(29)30)24-18(15)22/h2-5H,6-10H2,1H3,(H,25,28)(H,29,30). The number of hydrogen-bond acceptors (Lipinski definition) is 6. The van der Waals surface area contributed by atoms with E-state index in [1.54, 1.807) is 24.0 Å². The first-order chi connectivity index (χ1) is 14.3. The number of anilines is 1. The Morgan fingerprint density at radius 2 is 1.87 bits per heavy atom. The van der Waals surface area contributed by atoms with Gasteiger partial charge in [0.25, 0.3) is 5.56 Å². The fraction of sp³-hybridized carbons (Fsp3) is 0.300. The average molecular weight is 415 g/mol. The van der Waals surface area contributed by atoms with Crippen LogP contribution in [0.3, 0.4) is 0 Å². The van der Waals surface area contributed by atoms with Crippen LogP contribution in [-0.4, -0.2) is 57.1 Å². The van der Waals surface area contributed by atoms with Crippen molar-refractivity contribution in [2.45, 2.75) is 13.5 Å². The van der Waals surface area contributed by atoms with E-state index in [2.05, 4.69) is 15.0 Å². The Kier molecular flexibility index (Phi) is 5.17. The molecule has 10 heteroatoms. The molecule has 30 heavy (non-hydrogen) atoms. The summed E-state index contributed by atoms with van der Waals surface area (Å²) >= 11 is 0. The molecule has 2 N–H and O–H groups in total. The van der Waals surface area contributed by atoms with Crippen LogP contribution in [0.25, 0.3) is 11.0 Å². The Morgan fingerprint density at radius 1 is 1.13 bits per heavy atom. The first-order valence-electron chi connectivity index (χ1n) is 9.38. The first kappa shape index (κ1) is 19.9. The highest BCUT2D eigenvalue weighted by atomic mass is 19.1. The number of pyridine rings is 1. The fourth-order valence-electron chi connectivity index (χ4n) is 3.55. The van der Waals surface area contributed by atoms with Gasteiger partial charge in [-0.15, -0.1) is 0 Å². The second-order valence-corrected chi connectivity index (χ2v) is 7.16. The van der Waals surface area contributed by atoms with Gasteiger partial charge < -0.3 is 15.0 Å². The zero-order chi connectivity index (χ0) is 21.4. The monoisotopic (exact) mass is 415 g/mol. The summed E-state index contributed by atoms with van der Waals surface area (Å²) in [6, 6.07) is 6.02. The molecular weight excluding hydrogens is 396 g/mol. The average Bonchev–Trinajstić information content (AvgIpc) is 2.72. The summed E-state index contributed by atoms with van der Waals surface area (Å²) in [6.07, 6.45) is 0. The van der Waals surface area contributed by atoms with E-state index >= 15 is 0 Å². The molecule has 1 aliphatic heterocycles. The minimum atomic E-state index is -1.28. The van der Waals surface area contributed by atoms with Crippen molar-refractivity contribution in [2.75, 3.05) is 31.1 Å². The predicted octanol–water partition coefficient (Wildman–Crippen LogP) is 1.93. The Balaban J connectivity index is 1.46. The maximum absolute atomic E-state index is 14.9. The van der Waals surface area contributed by atoms with Gasteiger partial charge in [-0.2, -0.15) is 4.39 Å². The van der Waals surface area contributed by atoms with E-state index in [4.69, 9.17) is 5.11 Å². The van der Waals surface area contributed by atoms with Crippen molar-refractivity contribution in [3.8, 4) is 0 Å². The maximum Gasteiger partial charge on any atom is 0.354 e. The zero-order valence-corrected chi connectivity index (χ0v) is 16.2. The Bertz CT molecular complexity index is 1190. The summed E-state index contributed by atoms with van der Waals surface area (Å²) in [5.74, 6) is -2.61. The highest BCUT2D eigenvalue weighted by Crippen LogP contribution is 2.22. The lowest BCUT2D eigenvalue weighted by molar-refractivity contribution is 0.0689. The minimum Gasteiger partial charge on any atom is -0.477 e. The number of hydrogen-bond donors (Lipinski definition) is 2. The molecule has 0 radical (unpaired) electrons. The molecule has 3 aromatic rings. The number of carboxylic acids is 1. The van der Waals surface area contributed by atoms with E-state index in [1.807, 2.05) is 4.90 Å². The van der Waals surface area contributed by atoms with Crippen LogP contribution < -0.4 is 10.5 Å². The van der Waals surface area contributed by atoms with E-state index in [1.165, 1.54) is 12.1 Å². The minimum absolute atomic E-state index is 0.0911. The molecule has 2 aromatic heterocycles. The number of rotatable bonds is 4. The van der Waals surface area contributed by atoms with E-state index in [0.29, 0.717) is 43.8 Å². The topological polar surface area (TPSA) is 102 Å². The van der Waals surface area contributed by atoms with Crippen LogP contribution in [0.5, 0.6) is 0 Å². The Hall–Kier alpha value is -3.40. The summed E-state index contributed by atoms with van der Waals surface area (Å²) < 4.78 is 29.1. The third-order valence-electron chi connectivity index (χ3n) is 5.21. The van der Waals surface area contributed by atoms with Gasteiger partial charge in [0.05, 0.1) is 11.2 Å². The number of nitrogens with one attached hydrogen (secondary N) is 1. The summed E-state index contributed by atoms with van der Waals surface area (Å²) in [5, 5.41) is 8.90. The van der Waals surface area contributed by atoms with Crippen molar-refractivity contribution in [1.82, 2.24) is 19.9 Å². The Labute approximate surface area is 169 Å². The van der Waals surface area contributed by atoms with Gasteiger partial charge in [-0.25, -0.2) is 19.2 Å². The second kappa shape index (κ2) is 7.79. The molecule has 4 rings (SSSR count).